The summed E-state index contributed by atoms with van der Waals surface area (Å²) in [6.45, 7) is 5.93. The SMILES string of the molecule is CCN(CC)c1ccc(C=Nc2ccc(C=Cc3ccc([N+](=O)[O-])cc3)cc2)c(O)c1. The molecule has 0 bridgehead atoms. The molecule has 0 radical (unpaired) electrons. The molecule has 6 heteroatoms. The number of phenols is 1. The number of nitrogens with zero attached hydrogens (tertiary/aromatic N) is 3. The number of benzene rings is 3. The van der Waals surface area contributed by atoms with Crippen molar-refractivity contribution in [3.63, 3.8) is 0 Å². The zero-order valence-corrected chi connectivity index (χ0v) is 17.6. The van der Waals surface area contributed by atoms with E-state index in [0.717, 1.165) is 35.6 Å². The van der Waals surface area contributed by atoms with Crippen molar-refractivity contribution >= 4 is 35.4 Å². The molecule has 3 rings (SSSR count). The van der Waals surface area contributed by atoms with E-state index in [1.54, 1.807) is 24.4 Å². The Morgan fingerprint density at radius 2 is 1.52 bits per heavy atom. The van der Waals surface area contributed by atoms with E-state index in [4.69, 9.17) is 0 Å². The molecule has 0 spiro atoms. The summed E-state index contributed by atoms with van der Waals surface area (Å²) < 4.78 is 0. The Kier molecular flexibility index (Phi) is 7.17. The first-order chi connectivity index (χ1) is 15.0. The second kappa shape index (κ2) is 10.2. The molecule has 0 fully saturated rings. The highest BCUT2D eigenvalue weighted by molar-refractivity contribution is 5.86. The highest BCUT2D eigenvalue weighted by Crippen LogP contribution is 2.24. The number of aliphatic imine (C=N–C) groups is 1. The lowest BCUT2D eigenvalue weighted by Gasteiger charge is -2.21. The first kappa shape index (κ1) is 21.8. The molecule has 3 aromatic carbocycles. The van der Waals surface area contributed by atoms with Crippen LogP contribution >= 0.6 is 0 Å². The molecule has 158 valence electrons. The maximum atomic E-state index is 10.7. The van der Waals surface area contributed by atoms with E-state index in [1.165, 1.54) is 12.1 Å². The van der Waals surface area contributed by atoms with Gasteiger partial charge in [-0.3, -0.25) is 15.1 Å². The van der Waals surface area contributed by atoms with Crippen molar-refractivity contribution in [1.82, 2.24) is 0 Å². The van der Waals surface area contributed by atoms with Gasteiger partial charge >= 0.3 is 0 Å². The van der Waals surface area contributed by atoms with Crippen molar-refractivity contribution in [1.29, 1.82) is 0 Å². The number of nitro groups is 1. The van der Waals surface area contributed by atoms with Crippen LogP contribution in [0.4, 0.5) is 17.1 Å². The smallest absolute Gasteiger partial charge is 0.269 e. The number of hydrogen-bond donors (Lipinski definition) is 1. The number of hydrogen-bond acceptors (Lipinski definition) is 5. The van der Waals surface area contributed by atoms with Gasteiger partial charge in [0.25, 0.3) is 5.69 Å². The zero-order valence-electron chi connectivity index (χ0n) is 17.6. The van der Waals surface area contributed by atoms with Gasteiger partial charge in [-0.1, -0.05) is 24.3 Å². The lowest BCUT2D eigenvalue weighted by atomic mass is 10.1. The third-order valence-corrected chi connectivity index (χ3v) is 4.96. The summed E-state index contributed by atoms with van der Waals surface area (Å²) in [5.74, 6) is 0.204. The van der Waals surface area contributed by atoms with Crippen LogP contribution in [0.2, 0.25) is 0 Å². The number of anilines is 1. The van der Waals surface area contributed by atoms with Gasteiger partial charge in [0.05, 0.1) is 10.6 Å². The second-order valence-electron chi connectivity index (χ2n) is 6.95. The van der Waals surface area contributed by atoms with E-state index in [0.29, 0.717) is 5.56 Å². The molecule has 0 amide bonds. The quantitative estimate of drug-likeness (QED) is 0.210. The standard InChI is InChI=1S/C25H25N3O3/c1-3-27(4-2)24-16-11-21(25(29)17-24)18-26-22-12-7-19(8-13-22)5-6-20-9-14-23(15-10-20)28(30)31/h5-18,29H,3-4H2,1-2H3. The van der Waals surface area contributed by atoms with Gasteiger partial charge in [0.1, 0.15) is 5.75 Å². The molecule has 3 aromatic rings. The van der Waals surface area contributed by atoms with Crippen molar-refractivity contribution in [3.8, 4) is 5.75 Å². The fourth-order valence-corrected chi connectivity index (χ4v) is 3.14. The molecule has 1 N–H and O–H groups in total. The van der Waals surface area contributed by atoms with E-state index >= 15 is 0 Å². The van der Waals surface area contributed by atoms with Crippen LogP contribution in [0, 0.1) is 10.1 Å². The molecule has 0 aliphatic heterocycles. The maximum Gasteiger partial charge on any atom is 0.269 e. The highest BCUT2D eigenvalue weighted by Gasteiger charge is 2.05. The zero-order chi connectivity index (χ0) is 22.2. The van der Waals surface area contributed by atoms with Crippen LogP contribution in [0.1, 0.15) is 30.5 Å². The van der Waals surface area contributed by atoms with Crippen LogP contribution in [0.3, 0.4) is 0 Å². The summed E-state index contributed by atoms with van der Waals surface area (Å²) in [4.78, 5) is 16.9. The second-order valence-corrected chi connectivity index (χ2v) is 6.95. The molecule has 0 aromatic heterocycles. The molecule has 31 heavy (non-hydrogen) atoms. The maximum absolute atomic E-state index is 10.7. The number of nitro benzene ring substituents is 1. The molecule has 0 aliphatic carbocycles. The third kappa shape index (κ3) is 5.79. The Morgan fingerprint density at radius 1 is 0.935 bits per heavy atom. The van der Waals surface area contributed by atoms with E-state index < -0.39 is 4.92 Å². The first-order valence-corrected chi connectivity index (χ1v) is 10.1. The lowest BCUT2D eigenvalue weighted by molar-refractivity contribution is -0.384. The van der Waals surface area contributed by atoms with Crippen LogP contribution in [0.15, 0.2) is 71.7 Å². The van der Waals surface area contributed by atoms with Gasteiger partial charge in [-0.25, -0.2) is 0 Å². The molecule has 6 nitrogen and oxygen atoms in total. The van der Waals surface area contributed by atoms with Crippen molar-refractivity contribution in [3.05, 3.63) is 93.5 Å². The third-order valence-electron chi connectivity index (χ3n) is 4.96. The van der Waals surface area contributed by atoms with Crippen LogP contribution in [0.5, 0.6) is 5.75 Å². The van der Waals surface area contributed by atoms with E-state index in [2.05, 4.69) is 23.7 Å². The molecule has 0 saturated heterocycles. The van der Waals surface area contributed by atoms with Gasteiger partial charge in [-0.2, -0.15) is 0 Å². The Bertz CT molecular complexity index is 1080. The minimum absolute atomic E-state index is 0.0769. The Balaban J connectivity index is 1.66. The van der Waals surface area contributed by atoms with Crippen LogP contribution < -0.4 is 4.90 Å². The summed E-state index contributed by atoms with van der Waals surface area (Å²) in [5, 5.41) is 21.0. The van der Waals surface area contributed by atoms with Crippen LogP contribution in [-0.4, -0.2) is 29.3 Å². The van der Waals surface area contributed by atoms with E-state index in [1.807, 2.05) is 48.6 Å². The van der Waals surface area contributed by atoms with Crippen molar-refractivity contribution in [2.24, 2.45) is 4.99 Å². The van der Waals surface area contributed by atoms with Crippen LogP contribution in [0.25, 0.3) is 12.2 Å². The summed E-state index contributed by atoms with van der Waals surface area (Å²) >= 11 is 0. The summed E-state index contributed by atoms with van der Waals surface area (Å²) in [6.07, 6.45) is 5.49. The molecular weight excluding hydrogens is 390 g/mol. The van der Waals surface area contributed by atoms with Gasteiger partial charge in [0.2, 0.25) is 0 Å². The molecule has 0 aliphatic rings. The van der Waals surface area contributed by atoms with Crippen molar-refractivity contribution < 1.29 is 10.0 Å². The van der Waals surface area contributed by atoms with Gasteiger partial charge in [0, 0.05) is 48.8 Å². The van der Waals surface area contributed by atoms with Crippen molar-refractivity contribution in [2.45, 2.75) is 13.8 Å². The predicted octanol–water partition coefficient (Wildman–Crippen LogP) is 6.07. The summed E-state index contributed by atoms with van der Waals surface area (Å²) in [6, 6.07) is 19.7. The van der Waals surface area contributed by atoms with E-state index in [9.17, 15) is 15.2 Å². The molecule has 0 saturated carbocycles. The molecule has 0 atom stereocenters. The Labute approximate surface area is 182 Å². The Hall–Kier alpha value is -3.93. The Morgan fingerprint density at radius 3 is 2.03 bits per heavy atom. The largest absolute Gasteiger partial charge is 0.507 e. The van der Waals surface area contributed by atoms with Gasteiger partial charge in [-0.15, -0.1) is 0 Å². The minimum Gasteiger partial charge on any atom is -0.507 e. The number of non-ortho nitro benzene ring substituents is 1. The van der Waals surface area contributed by atoms with Gasteiger partial charge in [0.15, 0.2) is 0 Å². The van der Waals surface area contributed by atoms with Crippen LogP contribution in [-0.2, 0) is 0 Å². The van der Waals surface area contributed by atoms with Gasteiger partial charge < -0.3 is 10.0 Å². The predicted molar refractivity (Wildman–Crippen MR) is 127 cm³/mol. The van der Waals surface area contributed by atoms with E-state index in [-0.39, 0.29) is 11.4 Å². The summed E-state index contributed by atoms with van der Waals surface area (Å²) in [7, 11) is 0. The monoisotopic (exact) mass is 415 g/mol. The fourth-order valence-electron chi connectivity index (χ4n) is 3.14. The minimum atomic E-state index is -0.411. The van der Waals surface area contributed by atoms with Crippen molar-refractivity contribution in [2.75, 3.05) is 18.0 Å². The topological polar surface area (TPSA) is 79.0 Å². The summed E-state index contributed by atoms with van der Waals surface area (Å²) in [5.41, 5.74) is 4.38. The molecular formula is C25H25N3O3. The lowest BCUT2D eigenvalue weighted by Crippen LogP contribution is -2.21. The highest BCUT2D eigenvalue weighted by atomic mass is 16.6. The fraction of sp³-hybridized carbons (Fsp3) is 0.160. The molecule has 0 unspecified atom stereocenters. The number of rotatable bonds is 8. The number of aromatic hydroxyl groups is 1. The number of phenolic OH excluding ortho intramolecular Hbond substituents is 1. The molecule has 0 heterocycles. The van der Waals surface area contributed by atoms with Gasteiger partial charge in [-0.05, 0) is 61.4 Å². The average Bonchev–Trinajstić information content (AvgIpc) is 2.79. The normalized spacial score (nSPS) is 11.3. The average molecular weight is 415 g/mol. The first-order valence-electron chi connectivity index (χ1n) is 10.1.